The summed E-state index contributed by atoms with van der Waals surface area (Å²) in [5.74, 6) is -0.236. The molecule has 0 bridgehead atoms. The number of nitrogen functional groups attached to an aromatic ring is 1. The smallest absolute Gasteiger partial charge is 0.276 e. The topological polar surface area (TPSA) is 72.9 Å². The van der Waals surface area contributed by atoms with Crippen molar-refractivity contribution in [2.75, 3.05) is 11.1 Å². The highest BCUT2D eigenvalue weighted by Gasteiger charge is 2.16. The summed E-state index contributed by atoms with van der Waals surface area (Å²) < 4.78 is 1.70. The number of nitrogens with one attached hydrogen (secondary N) is 1. The quantitative estimate of drug-likeness (QED) is 0.709. The molecule has 0 atom stereocenters. The van der Waals surface area contributed by atoms with Crippen LogP contribution in [0.25, 0.3) is 10.9 Å². The molecule has 5 nitrogen and oxygen atoms in total. The number of carbonyl (C=O) groups is 1. The number of aryl methyl sites for hydroxylation is 1. The zero-order valence-electron chi connectivity index (χ0n) is 11.9. The van der Waals surface area contributed by atoms with Crippen molar-refractivity contribution in [2.45, 2.75) is 6.92 Å². The molecule has 3 N–H and O–H groups in total. The molecule has 0 radical (unpaired) electrons. The van der Waals surface area contributed by atoms with Crippen molar-refractivity contribution in [3.63, 3.8) is 0 Å². The Balaban J connectivity index is 2.00. The predicted octanol–water partition coefficient (Wildman–Crippen LogP) is 2.72. The molecule has 1 aromatic heterocycles. The third kappa shape index (κ3) is 2.23. The Morgan fingerprint density at radius 2 is 1.95 bits per heavy atom. The van der Waals surface area contributed by atoms with E-state index in [0.29, 0.717) is 17.1 Å². The summed E-state index contributed by atoms with van der Waals surface area (Å²) in [4.78, 5) is 12.5. The number of hydrogen-bond acceptors (Lipinski definition) is 3. The van der Waals surface area contributed by atoms with E-state index in [0.717, 1.165) is 16.5 Å². The molecule has 3 rings (SSSR count). The Labute approximate surface area is 122 Å². The van der Waals surface area contributed by atoms with Gasteiger partial charge < -0.3 is 11.1 Å². The molecule has 0 saturated carbocycles. The number of nitrogens with two attached hydrogens (primary N) is 1. The van der Waals surface area contributed by atoms with E-state index in [9.17, 15) is 4.79 Å². The normalized spacial score (nSPS) is 10.8. The number of rotatable bonds is 2. The zero-order chi connectivity index (χ0) is 15.0. The number of amides is 1. The molecule has 5 heteroatoms. The van der Waals surface area contributed by atoms with Crippen molar-refractivity contribution in [1.82, 2.24) is 9.78 Å². The Hall–Kier alpha value is -2.82. The fourth-order valence-electron chi connectivity index (χ4n) is 2.35. The first kappa shape index (κ1) is 13.2. The van der Waals surface area contributed by atoms with Gasteiger partial charge in [0.25, 0.3) is 5.91 Å². The number of nitrogens with zero attached hydrogens (tertiary/aromatic N) is 2. The molecule has 1 amide bonds. The van der Waals surface area contributed by atoms with Gasteiger partial charge in [0, 0.05) is 23.8 Å². The highest BCUT2D eigenvalue weighted by molar-refractivity contribution is 6.11. The van der Waals surface area contributed by atoms with Crippen LogP contribution in [0.2, 0.25) is 0 Å². The van der Waals surface area contributed by atoms with E-state index in [4.69, 9.17) is 5.73 Å². The molecule has 0 spiro atoms. The van der Waals surface area contributed by atoms with Crippen molar-refractivity contribution >= 4 is 28.2 Å². The van der Waals surface area contributed by atoms with E-state index in [2.05, 4.69) is 10.4 Å². The Morgan fingerprint density at radius 1 is 1.19 bits per heavy atom. The summed E-state index contributed by atoms with van der Waals surface area (Å²) in [5.41, 5.74) is 9.40. The van der Waals surface area contributed by atoms with Gasteiger partial charge in [-0.2, -0.15) is 5.10 Å². The number of hydrogen-bond donors (Lipinski definition) is 2. The van der Waals surface area contributed by atoms with Gasteiger partial charge in [0.05, 0.1) is 5.52 Å². The van der Waals surface area contributed by atoms with E-state index >= 15 is 0 Å². The van der Waals surface area contributed by atoms with Gasteiger partial charge in [-0.15, -0.1) is 0 Å². The zero-order valence-corrected chi connectivity index (χ0v) is 11.9. The summed E-state index contributed by atoms with van der Waals surface area (Å²) in [6, 6.07) is 13.1. The van der Waals surface area contributed by atoms with Gasteiger partial charge in [0.1, 0.15) is 0 Å². The molecular weight excluding hydrogens is 264 g/mol. The van der Waals surface area contributed by atoms with Gasteiger partial charge in [0.2, 0.25) is 0 Å². The van der Waals surface area contributed by atoms with Gasteiger partial charge in [-0.1, -0.05) is 24.3 Å². The average molecular weight is 280 g/mol. The van der Waals surface area contributed by atoms with Gasteiger partial charge in [-0.05, 0) is 30.7 Å². The van der Waals surface area contributed by atoms with E-state index in [1.807, 2.05) is 50.4 Å². The van der Waals surface area contributed by atoms with E-state index in [1.54, 1.807) is 10.7 Å². The van der Waals surface area contributed by atoms with Gasteiger partial charge in [-0.25, -0.2) is 0 Å². The van der Waals surface area contributed by atoms with Crippen molar-refractivity contribution in [3.05, 3.63) is 53.7 Å². The van der Waals surface area contributed by atoms with Crippen molar-refractivity contribution in [1.29, 1.82) is 0 Å². The van der Waals surface area contributed by atoms with Gasteiger partial charge >= 0.3 is 0 Å². The summed E-state index contributed by atoms with van der Waals surface area (Å²) in [6.07, 6.45) is 0. The second kappa shape index (κ2) is 4.94. The lowest BCUT2D eigenvalue weighted by Crippen LogP contribution is -2.14. The third-order valence-corrected chi connectivity index (χ3v) is 3.60. The van der Waals surface area contributed by atoms with E-state index < -0.39 is 0 Å². The molecule has 3 aromatic rings. The molecule has 0 fully saturated rings. The maximum atomic E-state index is 12.5. The number of carbonyl (C=O) groups excluding carboxylic acids is 1. The van der Waals surface area contributed by atoms with Crippen LogP contribution in [0.3, 0.4) is 0 Å². The molecule has 0 aliphatic carbocycles. The standard InChI is InChI=1S/C16H16N4O/c1-10-12(17)7-5-8-13(10)18-16(21)15-11-6-3-4-9-14(11)20(2)19-15/h3-9H,17H2,1-2H3,(H,18,21). The second-order valence-electron chi connectivity index (χ2n) is 4.96. The van der Waals surface area contributed by atoms with Crippen LogP contribution >= 0.6 is 0 Å². The molecular formula is C16H16N4O. The Morgan fingerprint density at radius 3 is 2.76 bits per heavy atom. The van der Waals surface area contributed by atoms with Crippen LogP contribution in [0.4, 0.5) is 11.4 Å². The number of benzene rings is 2. The highest BCUT2D eigenvalue weighted by Crippen LogP contribution is 2.23. The average Bonchev–Trinajstić information content (AvgIpc) is 2.82. The summed E-state index contributed by atoms with van der Waals surface area (Å²) in [7, 11) is 1.82. The van der Waals surface area contributed by atoms with Gasteiger partial charge in [-0.3, -0.25) is 9.48 Å². The lowest BCUT2D eigenvalue weighted by molar-refractivity contribution is 0.102. The SMILES string of the molecule is Cc1c(N)cccc1NC(=O)c1nn(C)c2ccccc12. The third-order valence-electron chi connectivity index (χ3n) is 3.60. The molecule has 0 unspecified atom stereocenters. The van der Waals surface area contributed by atoms with Crippen LogP contribution in [0, 0.1) is 6.92 Å². The first-order valence-corrected chi connectivity index (χ1v) is 6.66. The lowest BCUT2D eigenvalue weighted by atomic mass is 10.1. The second-order valence-corrected chi connectivity index (χ2v) is 4.96. The Kier molecular flexibility index (Phi) is 3.10. The maximum Gasteiger partial charge on any atom is 0.276 e. The highest BCUT2D eigenvalue weighted by atomic mass is 16.2. The predicted molar refractivity (Wildman–Crippen MR) is 84.3 cm³/mol. The molecule has 2 aromatic carbocycles. The summed E-state index contributed by atoms with van der Waals surface area (Å²) >= 11 is 0. The summed E-state index contributed by atoms with van der Waals surface area (Å²) in [5, 5.41) is 8.02. The van der Waals surface area contributed by atoms with Crippen LogP contribution in [-0.4, -0.2) is 15.7 Å². The van der Waals surface area contributed by atoms with Crippen LogP contribution in [0.1, 0.15) is 16.1 Å². The lowest BCUT2D eigenvalue weighted by Gasteiger charge is -2.09. The molecule has 0 saturated heterocycles. The number of aromatic nitrogens is 2. The molecule has 21 heavy (non-hydrogen) atoms. The van der Waals surface area contributed by atoms with E-state index in [-0.39, 0.29) is 5.91 Å². The van der Waals surface area contributed by atoms with Crippen molar-refractivity contribution in [2.24, 2.45) is 7.05 Å². The van der Waals surface area contributed by atoms with Crippen LogP contribution in [0.15, 0.2) is 42.5 Å². The minimum Gasteiger partial charge on any atom is -0.398 e. The number of anilines is 2. The first-order chi connectivity index (χ1) is 10.1. The monoisotopic (exact) mass is 280 g/mol. The maximum absolute atomic E-state index is 12.5. The van der Waals surface area contributed by atoms with Crippen molar-refractivity contribution < 1.29 is 4.79 Å². The number of para-hydroxylation sites is 1. The molecule has 106 valence electrons. The van der Waals surface area contributed by atoms with Crippen LogP contribution in [0.5, 0.6) is 0 Å². The molecule has 0 aliphatic rings. The summed E-state index contributed by atoms with van der Waals surface area (Å²) in [6.45, 7) is 1.88. The fraction of sp³-hybridized carbons (Fsp3) is 0.125. The minimum atomic E-state index is -0.236. The van der Waals surface area contributed by atoms with Gasteiger partial charge in [0.15, 0.2) is 5.69 Å². The van der Waals surface area contributed by atoms with Crippen LogP contribution < -0.4 is 11.1 Å². The minimum absolute atomic E-state index is 0.236. The first-order valence-electron chi connectivity index (χ1n) is 6.66. The number of fused-ring (bicyclic) bond motifs is 1. The van der Waals surface area contributed by atoms with Crippen molar-refractivity contribution in [3.8, 4) is 0 Å². The van der Waals surface area contributed by atoms with E-state index in [1.165, 1.54) is 0 Å². The van der Waals surface area contributed by atoms with Crippen LogP contribution in [-0.2, 0) is 7.05 Å². The fourth-order valence-corrected chi connectivity index (χ4v) is 2.35. The largest absolute Gasteiger partial charge is 0.398 e. The molecule has 0 aliphatic heterocycles. The Bertz CT molecular complexity index is 835. The molecule has 1 heterocycles.